The number of piperidine rings is 1. The van der Waals surface area contributed by atoms with Crippen molar-refractivity contribution in [3.63, 3.8) is 0 Å². The predicted molar refractivity (Wildman–Crippen MR) is 102 cm³/mol. The molecular weight excluding hydrogens is 324 g/mol. The molecule has 1 saturated heterocycles. The van der Waals surface area contributed by atoms with Gasteiger partial charge in [0.15, 0.2) is 0 Å². The van der Waals surface area contributed by atoms with Crippen molar-refractivity contribution in [2.45, 2.75) is 39.2 Å². The first-order chi connectivity index (χ1) is 12.7. The van der Waals surface area contributed by atoms with Gasteiger partial charge in [0.25, 0.3) is 0 Å². The van der Waals surface area contributed by atoms with Crippen molar-refractivity contribution < 1.29 is 4.79 Å². The molecule has 5 nitrogen and oxygen atoms in total. The van der Waals surface area contributed by atoms with E-state index in [2.05, 4.69) is 39.1 Å². The van der Waals surface area contributed by atoms with Crippen molar-refractivity contribution in [1.29, 1.82) is 0 Å². The molecule has 1 amide bonds. The van der Waals surface area contributed by atoms with Crippen LogP contribution in [0.15, 0.2) is 36.5 Å². The lowest BCUT2D eigenvalue weighted by Crippen LogP contribution is -2.39. The first-order valence-corrected chi connectivity index (χ1v) is 9.58. The van der Waals surface area contributed by atoms with Gasteiger partial charge in [-0.25, -0.2) is 9.97 Å². The maximum absolute atomic E-state index is 12.8. The fourth-order valence-corrected chi connectivity index (χ4v) is 4.07. The summed E-state index contributed by atoms with van der Waals surface area (Å²) in [5.41, 5.74) is 2.70. The van der Waals surface area contributed by atoms with Crippen LogP contribution < -0.4 is 4.90 Å². The van der Waals surface area contributed by atoms with Gasteiger partial charge in [-0.15, -0.1) is 0 Å². The van der Waals surface area contributed by atoms with E-state index in [1.807, 2.05) is 24.1 Å². The Kier molecular flexibility index (Phi) is 4.87. The molecule has 1 aromatic carbocycles. The van der Waals surface area contributed by atoms with Crippen LogP contribution in [0.2, 0.25) is 0 Å². The monoisotopic (exact) mass is 350 g/mol. The van der Waals surface area contributed by atoms with Gasteiger partial charge in [-0.05, 0) is 49.3 Å². The molecule has 2 aromatic rings. The molecular formula is C21H26N4O. The molecule has 4 rings (SSSR count). The van der Waals surface area contributed by atoms with Crippen LogP contribution in [0.1, 0.15) is 36.2 Å². The SMILES string of the molecule is Cc1nccc(N2CCC(CC(=O)N3CCc4ccccc4C3)CC2)n1. The zero-order valence-electron chi connectivity index (χ0n) is 15.4. The first-order valence-electron chi connectivity index (χ1n) is 9.58. The largest absolute Gasteiger partial charge is 0.356 e. The summed E-state index contributed by atoms with van der Waals surface area (Å²) in [5.74, 6) is 2.62. The number of carbonyl (C=O) groups excluding carboxylic acids is 1. The van der Waals surface area contributed by atoms with Crippen molar-refractivity contribution in [2.24, 2.45) is 5.92 Å². The van der Waals surface area contributed by atoms with E-state index in [4.69, 9.17) is 0 Å². The van der Waals surface area contributed by atoms with Gasteiger partial charge in [0.2, 0.25) is 5.91 Å². The van der Waals surface area contributed by atoms with Crippen LogP contribution in [0.4, 0.5) is 5.82 Å². The van der Waals surface area contributed by atoms with E-state index in [1.165, 1.54) is 11.1 Å². The molecule has 1 fully saturated rings. The molecule has 0 N–H and O–H groups in total. The average molecular weight is 350 g/mol. The van der Waals surface area contributed by atoms with Crippen LogP contribution >= 0.6 is 0 Å². The third-order valence-corrected chi connectivity index (χ3v) is 5.65. The Morgan fingerprint density at radius 1 is 1.12 bits per heavy atom. The second-order valence-electron chi connectivity index (χ2n) is 7.43. The van der Waals surface area contributed by atoms with E-state index < -0.39 is 0 Å². The number of amides is 1. The van der Waals surface area contributed by atoms with Crippen molar-refractivity contribution in [3.8, 4) is 0 Å². The Labute approximate surface area is 155 Å². The van der Waals surface area contributed by atoms with Gasteiger partial charge in [0.05, 0.1) is 0 Å². The Hall–Kier alpha value is -2.43. The minimum absolute atomic E-state index is 0.316. The summed E-state index contributed by atoms with van der Waals surface area (Å²) in [5, 5.41) is 0. The highest BCUT2D eigenvalue weighted by atomic mass is 16.2. The minimum Gasteiger partial charge on any atom is -0.356 e. The molecule has 0 spiro atoms. The molecule has 3 heterocycles. The summed E-state index contributed by atoms with van der Waals surface area (Å²) in [6.45, 7) is 5.49. The standard InChI is InChI=1S/C21H26N4O/c1-16-22-10-6-20(23-16)24-11-7-17(8-12-24)14-21(26)25-13-9-18-4-2-3-5-19(18)15-25/h2-6,10,17H,7-9,11-15H2,1H3. The predicted octanol–water partition coefficient (Wildman–Crippen LogP) is 2.98. The molecule has 136 valence electrons. The van der Waals surface area contributed by atoms with Crippen molar-refractivity contribution >= 4 is 11.7 Å². The van der Waals surface area contributed by atoms with Gasteiger partial charge >= 0.3 is 0 Å². The fraction of sp³-hybridized carbons (Fsp3) is 0.476. The quantitative estimate of drug-likeness (QED) is 0.854. The third kappa shape index (κ3) is 3.71. The van der Waals surface area contributed by atoms with Crippen molar-refractivity contribution in [1.82, 2.24) is 14.9 Å². The number of anilines is 1. The highest BCUT2D eigenvalue weighted by Crippen LogP contribution is 2.26. The van der Waals surface area contributed by atoms with Gasteiger partial charge < -0.3 is 9.80 Å². The maximum atomic E-state index is 12.8. The Bertz CT molecular complexity index is 783. The number of rotatable bonds is 3. The number of aromatic nitrogens is 2. The molecule has 0 unspecified atom stereocenters. The maximum Gasteiger partial charge on any atom is 0.223 e. The zero-order chi connectivity index (χ0) is 17.9. The van der Waals surface area contributed by atoms with Crippen molar-refractivity contribution in [2.75, 3.05) is 24.5 Å². The minimum atomic E-state index is 0.316. The lowest BCUT2D eigenvalue weighted by molar-refractivity contribution is -0.133. The Balaban J connectivity index is 1.30. The summed E-state index contributed by atoms with van der Waals surface area (Å²) in [7, 11) is 0. The average Bonchev–Trinajstić information content (AvgIpc) is 2.68. The van der Waals surface area contributed by atoms with E-state index in [0.29, 0.717) is 18.2 Å². The number of hydrogen-bond donors (Lipinski definition) is 0. The van der Waals surface area contributed by atoms with Crippen LogP contribution in [0.5, 0.6) is 0 Å². The summed E-state index contributed by atoms with van der Waals surface area (Å²) < 4.78 is 0. The van der Waals surface area contributed by atoms with Crippen LogP contribution in [-0.2, 0) is 17.8 Å². The second kappa shape index (κ2) is 7.44. The molecule has 0 saturated carbocycles. The first kappa shape index (κ1) is 17.0. The van der Waals surface area contributed by atoms with Gasteiger partial charge in [-0.1, -0.05) is 24.3 Å². The molecule has 0 atom stereocenters. The molecule has 0 aliphatic carbocycles. The lowest BCUT2D eigenvalue weighted by atomic mass is 9.92. The topological polar surface area (TPSA) is 49.3 Å². The van der Waals surface area contributed by atoms with Gasteiger partial charge in [0.1, 0.15) is 11.6 Å². The van der Waals surface area contributed by atoms with Crippen LogP contribution in [-0.4, -0.2) is 40.4 Å². The van der Waals surface area contributed by atoms with Crippen LogP contribution in [0.3, 0.4) is 0 Å². The molecule has 26 heavy (non-hydrogen) atoms. The van der Waals surface area contributed by atoms with E-state index in [9.17, 15) is 4.79 Å². The van der Waals surface area contributed by atoms with Gasteiger partial charge in [-0.3, -0.25) is 4.79 Å². The number of carbonyl (C=O) groups is 1. The second-order valence-corrected chi connectivity index (χ2v) is 7.43. The Morgan fingerprint density at radius 3 is 2.65 bits per heavy atom. The summed E-state index contributed by atoms with van der Waals surface area (Å²) in [6.07, 6.45) is 5.59. The summed E-state index contributed by atoms with van der Waals surface area (Å²) >= 11 is 0. The number of hydrogen-bond acceptors (Lipinski definition) is 4. The van der Waals surface area contributed by atoms with Crippen LogP contribution in [0.25, 0.3) is 0 Å². The lowest BCUT2D eigenvalue weighted by Gasteiger charge is -2.34. The highest BCUT2D eigenvalue weighted by Gasteiger charge is 2.26. The van der Waals surface area contributed by atoms with E-state index in [-0.39, 0.29) is 0 Å². The fourth-order valence-electron chi connectivity index (χ4n) is 4.07. The molecule has 0 radical (unpaired) electrons. The molecule has 1 aromatic heterocycles. The smallest absolute Gasteiger partial charge is 0.223 e. The molecule has 0 bridgehead atoms. The number of nitrogens with zero attached hydrogens (tertiary/aromatic N) is 4. The normalized spacial score (nSPS) is 17.9. The molecule has 5 heteroatoms. The number of fused-ring (bicyclic) bond motifs is 1. The van der Waals surface area contributed by atoms with E-state index in [1.54, 1.807) is 0 Å². The van der Waals surface area contributed by atoms with Gasteiger partial charge in [-0.2, -0.15) is 0 Å². The number of benzene rings is 1. The molecule has 2 aliphatic rings. The third-order valence-electron chi connectivity index (χ3n) is 5.65. The van der Waals surface area contributed by atoms with Crippen LogP contribution in [0, 0.1) is 12.8 Å². The summed E-state index contributed by atoms with van der Waals surface area (Å²) in [4.78, 5) is 25.8. The summed E-state index contributed by atoms with van der Waals surface area (Å²) in [6, 6.07) is 10.5. The molecule has 2 aliphatic heterocycles. The van der Waals surface area contributed by atoms with E-state index >= 15 is 0 Å². The van der Waals surface area contributed by atoms with Gasteiger partial charge in [0, 0.05) is 38.8 Å². The Morgan fingerprint density at radius 2 is 1.88 bits per heavy atom. The van der Waals surface area contributed by atoms with E-state index in [0.717, 1.165) is 57.1 Å². The highest BCUT2D eigenvalue weighted by molar-refractivity contribution is 5.76. The zero-order valence-corrected chi connectivity index (χ0v) is 15.4. The van der Waals surface area contributed by atoms with Crippen molar-refractivity contribution in [3.05, 3.63) is 53.5 Å². The number of aryl methyl sites for hydroxylation is 1.